The molecule has 1 saturated heterocycles. The van der Waals surface area contributed by atoms with Gasteiger partial charge in [-0.1, -0.05) is 49.3 Å². The third kappa shape index (κ3) is 5.86. The number of nitrogens with one attached hydrogen (secondary N) is 3. The fourth-order valence-electron chi connectivity index (χ4n) is 4.38. The van der Waals surface area contributed by atoms with Crippen LogP contribution in [0.1, 0.15) is 43.3 Å². The van der Waals surface area contributed by atoms with Gasteiger partial charge in [0.2, 0.25) is 5.95 Å². The summed E-state index contributed by atoms with van der Waals surface area (Å²) in [5, 5.41) is 18.3. The van der Waals surface area contributed by atoms with Crippen LogP contribution in [0.5, 0.6) is 0 Å². The molecule has 0 spiro atoms. The maximum Gasteiger partial charge on any atom is 0.225 e. The van der Waals surface area contributed by atoms with Crippen LogP contribution in [-0.2, 0) is 13.0 Å². The van der Waals surface area contributed by atoms with Crippen molar-refractivity contribution < 1.29 is 4.52 Å². The summed E-state index contributed by atoms with van der Waals surface area (Å²) >= 11 is 0. The molecule has 1 fully saturated rings. The van der Waals surface area contributed by atoms with Crippen LogP contribution in [0.2, 0.25) is 0 Å². The molecule has 0 amide bonds. The van der Waals surface area contributed by atoms with Crippen molar-refractivity contribution in [2.45, 2.75) is 39.2 Å². The van der Waals surface area contributed by atoms with Crippen LogP contribution in [0.15, 0.2) is 53.1 Å². The standard InChI is InChI=1S/C26H32N8O/c1-17(2)22-14-25(32-31-22)29-24-12-20(11-18-9-10-34(3)16-18)28-26(30-24)27-15-21-13-23(33-35-21)19-7-5-4-6-8-19/h4-8,12-14,17-18H,9-11,15-16H2,1-3H3,(H3,27,28,29,30,31,32). The number of hydrogen-bond acceptors (Lipinski definition) is 8. The van der Waals surface area contributed by atoms with Crippen LogP contribution in [0.4, 0.5) is 17.6 Å². The van der Waals surface area contributed by atoms with Gasteiger partial charge in [-0.3, -0.25) is 5.10 Å². The van der Waals surface area contributed by atoms with E-state index in [9.17, 15) is 0 Å². The molecule has 1 aromatic carbocycles. The molecule has 4 aromatic rings. The van der Waals surface area contributed by atoms with E-state index in [0.29, 0.717) is 24.3 Å². The van der Waals surface area contributed by atoms with Crippen LogP contribution in [-0.4, -0.2) is 50.4 Å². The Morgan fingerprint density at radius 1 is 1.14 bits per heavy atom. The Kier molecular flexibility index (Phi) is 6.76. The molecular formula is C26H32N8O. The summed E-state index contributed by atoms with van der Waals surface area (Å²) in [6.45, 7) is 6.91. The van der Waals surface area contributed by atoms with E-state index in [-0.39, 0.29) is 0 Å². The molecule has 1 aliphatic rings. The maximum absolute atomic E-state index is 5.54. The van der Waals surface area contributed by atoms with Gasteiger partial charge in [0.15, 0.2) is 5.76 Å². The Labute approximate surface area is 205 Å². The van der Waals surface area contributed by atoms with Gasteiger partial charge in [-0.05, 0) is 38.3 Å². The molecule has 0 saturated carbocycles. The van der Waals surface area contributed by atoms with Crippen molar-refractivity contribution in [3.8, 4) is 11.3 Å². The molecule has 3 N–H and O–H groups in total. The molecule has 5 rings (SSSR count). The molecule has 35 heavy (non-hydrogen) atoms. The highest BCUT2D eigenvalue weighted by atomic mass is 16.5. The van der Waals surface area contributed by atoms with E-state index in [2.05, 4.69) is 51.8 Å². The molecule has 3 aromatic heterocycles. The molecule has 1 unspecified atom stereocenters. The zero-order valence-corrected chi connectivity index (χ0v) is 20.5. The molecule has 0 aliphatic carbocycles. The summed E-state index contributed by atoms with van der Waals surface area (Å²) in [5.74, 6) is 3.76. The summed E-state index contributed by atoms with van der Waals surface area (Å²) in [4.78, 5) is 11.9. The number of anilines is 3. The lowest BCUT2D eigenvalue weighted by Gasteiger charge is -2.13. The minimum Gasteiger partial charge on any atom is -0.359 e. The van der Waals surface area contributed by atoms with Gasteiger partial charge in [-0.15, -0.1) is 0 Å². The lowest BCUT2D eigenvalue weighted by atomic mass is 10.0. The lowest BCUT2D eigenvalue weighted by molar-refractivity contribution is 0.389. The number of hydrogen-bond donors (Lipinski definition) is 3. The van der Waals surface area contributed by atoms with Crippen LogP contribution < -0.4 is 10.6 Å². The van der Waals surface area contributed by atoms with Crippen molar-refractivity contribution in [3.63, 3.8) is 0 Å². The molecule has 0 bridgehead atoms. The predicted octanol–water partition coefficient (Wildman–Crippen LogP) is 4.83. The van der Waals surface area contributed by atoms with Gasteiger partial charge in [0.25, 0.3) is 0 Å². The average molecular weight is 473 g/mol. The van der Waals surface area contributed by atoms with Gasteiger partial charge in [-0.25, -0.2) is 4.98 Å². The van der Waals surface area contributed by atoms with E-state index in [1.54, 1.807) is 0 Å². The van der Waals surface area contributed by atoms with E-state index in [1.807, 2.05) is 48.5 Å². The van der Waals surface area contributed by atoms with Crippen LogP contribution in [0, 0.1) is 5.92 Å². The topological polar surface area (TPSA) is 108 Å². The Morgan fingerprint density at radius 2 is 2.00 bits per heavy atom. The van der Waals surface area contributed by atoms with Crippen molar-refractivity contribution in [2.75, 3.05) is 30.8 Å². The first-order chi connectivity index (χ1) is 17.0. The van der Waals surface area contributed by atoms with Crippen LogP contribution in [0.3, 0.4) is 0 Å². The van der Waals surface area contributed by atoms with E-state index >= 15 is 0 Å². The molecule has 182 valence electrons. The molecule has 1 atom stereocenters. The Hall–Kier alpha value is -3.72. The van der Waals surface area contributed by atoms with Gasteiger partial charge in [-0.2, -0.15) is 10.1 Å². The first-order valence-electron chi connectivity index (χ1n) is 12.2. The van der Waals surface area contributed by atoms with Gasteiger partial charge in [0.1, 0.15) is 17.3 Å². The number of aromatic amines is 1. The number of benzene rings is 1. The van der Waals surface area contributed by atoms with Crippen molar-refractivity contribution in [1.29, 1.82) is 0 Å². The fraction of sp³-hybridized carbons (Fsp3) is 0.385. The highest BCUT2D eigenvalue weighted by molar-refractivity contribution is 5.58. The molecule has 0 radical (unpaired) electrons. The van der Waals surface area contributed by atoms with E-state index in [4.69, 9.17) is 14.5 Å². The highest BCUT2D eigenvalue weighted by Gasteiger charge is 2.21. The molecule has 9 heteroatoms. The quantitative estimate of drug-likeness (QED) is 0.318. The second kappa shape index (κ2) is 10.3. The SMILES string of the molecule is CC(C)c1cc(Nc2cc(CC3CCN(C)C3)nc(NCc3cc(-c4ccccc4)no3)n2)[nH]n1. The first kappa shape index (κ1) is 23.0. The summed E-state index contributed by atoms with van der Waals surface area (Å²) < 4.78 is 5.54. The summed E-state index contributed by atoms with van der Waals surface area (Å²) in [7, 11) is 2.17. The number of aromatic nitrogens is 5. The smallest absolute Gasteiger partial charge is 0.225 e. The monoisotopic (exact) mass is 472 g/mol. The van der Waals surface area contributed by atoms with Gasteiger partial charge in [0.05, 0.1) is 12.2 Å². The molecule has 9 nitrogen and oxygen atoms in total. The Bertz CT molecular complexity index is 1250. The van der Waals surface area contributed by atoms with Crippen LogP contribution in [0.25, 0.3) is 11.3 Å². The lowest BCUT2D eigenvalue weighted by Crippen LogP contribution is -2.16. The highest BCUT2D eigenvalue weighted by Crippen LogP contribution is 2.24. The summed E-state index contributed by atoms with van der Waals surface area (Å²) in [5.41, 5.74) is 3.85. The summed E-state index contributed by atoms with van der Waals surface area (Å²) in [6.07, 6.45) is 2.10. The van der Waals surface area contributed by atoms with Crippen molar-refractivity contribution in [2.24, 2.45) is 5.92 Å². The number of rotatable bonds is 9. The Morgan fingerprint density at radius 3 is 2.74 bits per heavy atom. The number of H-pyrrole nitrogens is 1. The minimum absolute atomic E-state index is 0.349. The van der Waals surface area contributed by atoms with Gasteiger partial charge < -0.3 is 20.1 Å². The summed E-state index contributed by atoms with van der Waals surface area (Å²) in [6, 6.07) is 16.0. The van der Waals surface area contributed by atoms with E-state index < -0.39 is 0 Å². The number of likely N-dealkylation sites (tertiary alicyclic amines) is 1. The fourth-order valence-corrected chi connectivity index (χ4v) is 4.38. The Balaban J connectivity index is 1.32. The minimum atomic E-state index is 0.349. The van der Waals surface area contributed by atoms with Crippen molar-refractivity contribution in [3.05, 3.63) is 65.7 Å². The second-order valence-corrected chi connectivity index (χ2v) is 9.57. The van der Waals surface area contributed by atoms with E-state index in [0.717, 1.165) is 59.6 Å². The van der Waals surface area contributed by atoms with E-state index in [1.165, 1.54) is 6.42 Å². The first-order valence-corrected chi connectivity index (χ1v) is 12.2. The average Bonchev–Trinajstić information content (AvgIpc) is 3.60. The zero-order chi connectivity index (χ0) is 24.2. The van der Waals surface area contributed by atoms with Gasteiger partial charge in [0, 0.05) is 36.0 Å². The predicted molar refractivity (Wildman–Crippen MR) is 137 cm³/mol. The number of nitrogens with zero attached hydrogens (tertiary/aromatic N) is 5. The molecular weight excluding hydrogens is 440 g/mol. The zero-order valence-electron chi connectivity index (χ0n) is 20.5. The molecule has 4 heterocycles. The molecule has 1 aliphatic heterocycles. The second-order valence-electron chi connectivity index (χ2n) is 9.57. The largest absolute Gasteiger partial charge is 0.359 e. The third-order valence-electron chi connectivity index (χ3n) is 6.27. The van der Waals surface area contributed by atoms with Crippen LogP contribution >= 0.6 is 0 Å². The van der Waals surface area contributed by atoms with Gasteiger partial charge >= 0.3 is 0 Å². The normalized spacial score (nSPS) is 16.2. The van der Waals surface area contributed by atoms with Crippen molar-refractivity contribution >= 4 is 17.6 Å². The third-order valence-corrected chi connectivity index (χ3v) is 6.27. The maximum atomic E-state index is 5.54. The van der Waals surface area contributed by atoms with Crippen molar-refractivity contribution in [1.82, 2.24) is 30.2 Å².